The summed E-state index contributed by atoms with van der Waals surface area (Å²) in [7, 11) is -3.29. The van der Waals surface area contributed by atoms with Gasteiger partial charge >= 0.3 is 0 Å². The highest BCUT2D eigenvalue weighted by atomic mass is 35.5. The molecule has 17 heavy (non-hydrogen) atoms. The summed E-state index contributed by atoms with van der Waals surface area (Å²) >= 11 is 5.90. The zero-order valence-electron chi connectivity index (χ0n) is 8.88. The van der Waals surface area contributed by atoms with Crippen molar-refractivity contribution in [1.82, 2.24) is 9.97 Å². The van der Waals surface area contributed by atoms with E-state index in [2.05, 4.69) is 9.97 Å². The average molecular weight is 273 g/mol. The van der Waals surface area contributed by atoms with Gasteiger partial charge in [0.15, 0.2) is 15.7 Å². The minimum absolute atomic E-state index is 0.156. The summed E-state index contributed by atoms with van der Waals surface area (Å²) in [5.41, 5.74) is 0.400. The number of rotatable bonds is 2. The standard InChI is InChI=1S/C10H9ClN2O3S/c1-17(15,16)6-2-3-7-8(4-6)12-9(5-14)13-10(7)11/h2-4,14H,5H2,1H3. The quantitative estimate of drug-likeness (QED) is 0.831. The van der Waals surface area contributed by atoms with E-state index < -0.39 is 9.84 Å². The molecule has 0 aliphatic carbocycles. The second kappa shape index (κ2) is 4.21. The van der Waals surface area contributed by atoms with Gasteiger partial charge in [0.05, 0.1) is 10.4 Å². The Morgan fingerprint density at radius 2 is 2.06 bits per heavy atom. The van der Waals surface area contributed by atoms with Gasteiger partial charge in [0.2, 0.25) is 0 Å². The molecule has 90 valence electrons. The van der Waals surface area contributed by atoms with Gasteiger partial charge in [-0.3, -0.25) is 0 Å². The number of benzene rings is 1. The van der Waals surface area contributed by atoms with E-state index >= 15 is 0 Å². The lowest BCUT2D eigenvalue weighted by Crippen LogP contribution is -2.00. The second-order valence-electron chi connectivity index (χ2n) is 3.54. The predicted molar refractivity (Wildman–Crippen MR) is 63.6 cm³/mol. The van der Waals surface area contributed by atoms with Crippen LogP contribution in [0, 0.1) is 0 Å². The first-order chi connectivity index (χ1) is 7.91. The molecule has 0 radical (unpaired) electrons. The van der Waals surface area contributed by atoms with Crippen LogP contribution in [0.1, 0.15) is 5.82 Å². The molecule has 0 spiro atoms. The molecule has 7 heteroatoms. The third-order valence-corrected chi connectivity index (χ3v) is 3.64. The minimum atomic E-state index is -3.29. The van der Waals surface area contributed by atoms with Crippen LogP contribution in [0.3, 0.4) is 0 Å². The zero-order valence-corrected chi connectivity index (χ0v) is 10.5. The minimum Gasteiger partial charge on any atom is -0.388 e. The van der Waals surface area contributed by atoms with Crippen molar-refractivity contribution in [3.63, 3.8) is 0 Å². The summed E-state index contributed by atoms with van der Waals surface area (Å²) < 4.78 is 22.8. The van der Waals surface area contributed by atoms with E-state index in [0.29, 0.717) is 10.9 Å². The first kappa shape index (κ1) is 12.2. The largest absolute Gasteiger partial charge is 0.388 e. The predicted octanol–water partition coefficient (Wildman–Crippen LogP) is 1.18. The summed E-state index contributed by atoms with van der Waals surface area (Å²) in [4.78, 5) is 8.04. The number of nitrogens with zero attached hydrogens (tertiary/aromatic N) is 2. The van der Waals surface area contributed by atoms with Gasteiger partial charge in [-0.15, -0.1) is 0 Å². The summed E-state index contributed by atoms with van der Waals surface area (Å²) in [6, 6.07) is 4.41. The maximum Gasteiger partial charge on any atom is 0.175 e. The van der Waals surface area contributed by atoms with Crippen LogP contribution in [-0.4, -0.2) is 29.7 Å². The third kappa shape index (κ3) is 2.38. The van der Waals surface area contributed by atoms with Crippen LogP contribution < -0.4 is 0 Å². The molecule has 0 saturated heterocycles. The fourth-order valence-corrected chi connectivity index (χ4v) is 2.32. The van der Waals surface area contributed by atoms with Crippen LogP contribution in [0.15, 0.2) is 23.1 Å². The van der Waals surface area contributed by atoms with Crippen molar-refractivity contribution in [2.45, 2.75) is 11.5 Å². The molecule has 1 aromatic heterocycles. The van der Waals surface area contributed by atoms with Crippen LogP contribution in [0.5, 0.6) is 0 Å². The lowest BCUT2D eigenvalue weighted by atomic mass is 10.2. The molecule has 5 nitrogen and oxygen atoms in total. The molecule has 1 heterocycles. The first-order valence-corrected chi connectivity index (χ1v) is 6.96. The molecular formula is C10H9ClN2O3S. The van der Waals surface area contributed by atoms with Gasteiger partial charge in [0.25, 0.3) is 0 Å². The number of hydrogen-bond donors (Lipinski definition) is 1. The van der Waals surface area contributed by atoms with Crippen molar-refractivity contribution in [2.75, 3.05) is 6.26 Å². The van der Waals surface area contributed by atoms with E-state index in [-0.39, 0.29) is 22.5 Å². The van der Waals surface area contributed by atoms with Crippen LogP contribution in [0.25, 0.3) is 10.9 Å². The maximum atomic E-state index is 11.4. The number of aliphatic hydroxyl groups excluding tert-OH is 1. The topological polar surface area (TPSA) is 80.2 Å². The second-order valence-corrected chi connectivity index (χ2v) is 5.91. The van der Waals surface area contributed by atoms with Crippen LogP contribution in [0.2, 0.25) is 5.15 Å². The molecule has 0 saturated carbocycles. The Morgan fingerprint density at radius 1 is 1.35 bits per heavy atom. The molecule has 0 aliphatic rings. The lowest BCUT2D eigenvalue weighted by molar-refractivity contribution is 0.272. The Kier molecular flexibility index (Phi) is 3.03. The highest BCUT2D eigenvalue weighted by Crippen LogP contribution is 2.23. The van der Waals surface area contributed by atoms with E-state index in [1.807, 2.05) is 0 Å². The molecule has 0 amide bonds. The summed E-state index contributed by atoms with van der Waals surface area (Å²) in [5, 5.41) is 9.69. The highest BCUT2D eigenvalue weighted by Gasteiger charge is 2.11. The summed E-state index contributed by atoms with van der Waals surface area (Å²) in [6.45, 7) is -0.348. The van der Waals surface area contributed by atoms with Crippen LogP contribution in [-0.2, 0) is 16.4 Å². The molecule has 2 aromatic rings. The molecule has 0 fully saturated rings. The summed E-state index contributed by atoms with van der Waals surface area (Å²) in [5.74, 6) is 0.160. The molecule has 2 rings (SSSR count). The smallest absolute Gasteiger partial charge is 0.175 e. The molecule has 0 atom stereocenters. The van der Waals surface area contributed by atoms with E-state index in [9.17, 15) is 8.42 Å². The van der Waals surface area contributed by atoms with Crippen molar-refractivity contribution >= 4 is 32.3 Å². The fourth-order valence-electron chi connectivity index (χ4n) is 1.42. The van der Waals surface area contributed by atoms with Gasteiger partial charge in [0.1, 0.15) is 11.8 Å². The Bertz CT molecular complexity index is 685. The van der Waals surface area contributed by atoms with Crippen molar-refractivity contribution in [2.24, 2.45) is 0 Å². The SMILES string of the molecule is CS(=O)(=O)c1ccc2c(Cl)nc(CO)nc2c1. The Balaban J connectivity index is 2.76. The average Bonchev–Trinajstić information content (AvgIpc) is 2.27. The Hall–Kier alpha value is -1.24. The van der Waals surface area contributed by atoms with E-state index in [1.54, 1.807) is 6.07 Å². The molecular weight excluding hydrogens is 264 g/mol. The first-order valence-electron chi connectivity index (χ1n) is 4.69. The Morgan fingerprint density at radius 3 is 2.65 bits per heavy atom. The monoisotopic (exact) mass is 272 g/mol. The van der Waals surface area contributed by atoms with E-state index in [4.69, 9.17) is 16.7 Å². The molecule has 0 bridgehead atoms. The van der Waals surface area contributed by atoms with Crippen LogP contribution in [0.4, 0.5) is 0 Å². The maximum absolute atomic E-state index is 11.4. The van der Waals surface area contributed by atoms with E-state index in [0.717, 1.165) is 6.26 Å². The van der Waals surface area contributed by atoms with Crippen molar-refractivity contribution in [1.29, 1.82) is 0 Å². The molecule has 1 aromatic carbocycles. The van der Waals surface area contributed by atoms with Gasteiger partial charge in [-0.1, -0.05) is 11.6 Å². The van der Waals surface area contributed by atoms with Crippen molar-refractivity contribution in [3.8, 4) is 0 Å². The fraction of sp³-hybridized carbons (Fsp3) is 0.200. The van der Waals surface area contributed by atoms with Gasteiger partial charge in [0, 0.05) is 11.6 Å². The highest BCUT2D eigenvalue weighted by molar-refractivity contribution is 7.90. The van der Waals surface area contributed by atoms with Gasteiger partial charge in [-0.25, -0.2) is 18.4 Å². The van der Waals surface area contributed by atoms with Gasteiger partial charge in [-0.05, 0) is 18.2 Å². The van der Waals surface area contributed by atoms with E-state index in [1.165, 1.54) is 12.1 Å². The van der Waals surface area contributed by atoms with Gasteiger partial charge < -0.3 is 5.11 Å². The Labute approximate surface area is 103 Å². The number of sulfone groups is 1. The van der Waals surface area contributed by atoms with Crippen LogP contribution >= 0.6 is 11.6 Å². The van der Waals surface area contributed by atoms with Crippen molar-refractivity contribution in [3.05, 3.63) is 29.2 Å². The number of halogens is 1. The lowest BCUT2D eigenvalue weighted by Gasteiger charge is -2.04. The number of fused-ring (bicyclic) bond motifs is 1. The molecule has 1 N–H and O–H groups in total. The third-order valence-electron chi connectivity index (χ3n) is 2.24. The number of hydrogen-bond acceptors (Lipinski definition) is 5. The summed E-state index contributed by atoms with van der Waals surface area (Å²) in [6.07, 6.45) is 1.11. The number of aromatic nitrogens is 2. The van der Waals surface area contributed by atoms with Crippen molar-refractivity contribution < 1.29 is 13.5 Å². The number of aliphatic hydroxyl groups is 1. The molecule has 0 unspecified atom stereocenters. The normalized spacial score (nSPS) is 11.9. The molecule has 0 aliphatic heterocycles. The zero-order chi connectivity index (χ0) is 12.6. The van der Waals surface area contributed by atoms with Gasteiger partial charge in [-0.2, -0.15) is 0 Å².